The van der Waals surface area contributed by atoms with E-state index in [1.54, 1.807) is 18.2 Å². The lowest BCUT2D eigenvalue weighted by Crippen LogP contribution is -2.22. The summed E-state index contributed by atoms with van der Waals surface area (Å²) in [5, 5.41) is 19.9. The van der Waals surface area contributed by atoms with Crippen molar-refractivity contribution in [3.63, 3.8) is 0 Å². The molecule has 0 bridgehead atoms. The summed E-state index contributed by atoms with van der Waals surface area (Å²) in [6.45, 7) is 3.86. The quantitative estimate of drug-likeness (QED) is 0.831. The van der Waals surface area contributed by atoms with Gasteiger partial charge in [0.15, 0.2) is 0 Å². The zero-order valence-electron chi connectivity index (χ0n) is 10.7. The number of carbonyl (C=O) groups is 1. The average molecular weight is 271 g/mol. The first kappa shape index (κ1) is 15.0. The molecule has 2 unspecified atom stereocenters. The van der Waals surface area contributed by atoms with Crippen LogP contribution < -0.4 is 0 Å². The number of hydrogen-bond donors (Lipinski definition) is 2. The maximum Gasteiger partial charge on any atom is 0.309 e. The molecule has 0 amide bonds. The number of hydrogen-bond acceptors (Lipinski definition) is 2. The fourth-order valence-electron chi connectivity index (χ4n) is 1.87. The number of aliphatic hydroxyl groups excluding tert-OH is 1. The van der Waals surface area contributed by atoms with E-state index in [4.69, 9.17) is 16.7 Å². The number of halogens is 1. The summed E-state index contributed by atoms with van der Waals surface area (Å²) >= 11 is 5.99. The van der Waals surface area contributed by atoms with Crippen LogP contribution in [0.3, 0.4) is 0 Å². The van der Waals surface area contributed by atoms with Crippen LogP contribution in [0, 0.1) is 12.8 Å². The lowest BCUT2D eigenvalue weighted by molar-refractivity contribution is -0.146. The summed E-state index contributed by atoms with van der Waals surface area (Å²) in [7, 11) is 0. The summed E-state index contributed by atoms with van der Waals surface area (Å²) in [5.41, 5.74) is 1.47. The van der Waals surface area contributed by atoms with Gasteiger partial charge in [-0.2, -0.15) is 0 Å². The van der Waals surface area contributed by atoms with E-state index < -0.39 is 18.0 Å². The number of aryl methyl sites for hydroxylation is 1. The zero-order valence-corrected chi connectivity index (χ0v) is 11.4. The van der Waals surface area contributed by atoms with Crippen molar-refractivity contribution in [3.8, 4) is 0 Å². The molecule has 0 aliphatic heterocycles. The van der Waals surface area contributed by atoms with Crippen molar-refractivity contribution in [2.45, 2.75) is 39.2 Å². The number of rotatable bonds is 6. The van der Waals surface area contributed by atoms with Crippen molar-refractivity contribution in [2.24, 2.45) is 5.92 Å². The molecule has 2 N–H and O–H groups in total. The van der Waals surface area contributed by atoms with E-state index in [-0.39, 0.29) is 0 Å². The number of carboxylic acids is 1. The Morgan fingerprint density at radius 2 is 2.11 bits per heavy atom. The average Bonchev–Trinajstić information content (AvgIpc) is 2.32. The number of benzene rings is 1. The van der Waals surface area contributed by atoms with Crippen molar-refractivity contribution in [1.29, 1.82) is 0 Å². The number of aliphatic hydroxyl groups is 1. The van der Waals surface area contributed by atoms with Crippen molar-refractivity contribution in [1.82, 2.24) is 0 Å². The third-order valence-electron chi connectivity index (χ3n) is 3.10. The van der Waals surface area contributed by atoms with Crippen LogP contribution in [-0.2, 0) is 4.79 Å². The van der Waals surface area contributed by atoms with E-state index in [1.165, 1.54) is 0 Å². The molecular formula is C14H19ClO3. The van der Waals surface area contributed by atoms with E-state index in [0.717, 1.165) is 18.4 Å². The molecular weight excluding hydrogens is 252 g/mol. The van der Waals surface area contributed by atoms with Crippen molar-refractivity contribution >= 4 is 17.6 Å². The first-order valence-corrected chi connectivity index (χ1v) is 6.52. The second kappa shape index (κ2) is 6.76. The normalized spacial score (nSPS) is 14.2. The van der Waals surface area contributed by atoms with Crippen LogP contribution in [0.1, 0.15) is 43.4 Å². The molecule has 0 radical (unpaired) electrons. The molecule has 0 heterocycles. The van der Waals surface area contributed by atoms with Gasteiger partial charge in [-0.25, -0.2) is 0 Å². The van der Waals surface area contributed by atoms with E-state index in [0.29, 0.717) is 17.0 Å². The van der Waals surface area contributed by atoms with Crippen LogP contribution >= 0.6 is 11.6 Å². The second-order valence-corrected chi connectivity index (χ2v) is 4.95. The second-order valence-electron chi connectivity index (χ2n) is 4.54. The SMILES string of the molecule is CCCCC(C(=O)O)C(O)c1ccc(C)c(Cl)c1. The molecule has 0 aromatic heterocycles. The van der Waals surface area contributed by atoms with E-state index in [9.17, 15) is 9.90 Å². The Balaban J connectivity index is 2.90. The van der Waals surface area contributed by atoms with Gasteiger partial charge in [0.25, 0.3) is 0 Å². The van der Waals surface area contributed by atoms with Crippen molar-refractivity contribution < 1.29 is 15.0 Å². The Labute approximate surface area is 112 Å². The van der Waals surface area contributed by atoms with Crippen LogP contribution in [0.25, 0.3) is 0 Å². The summed E-state index contributed by atoms with van der Waals surface area (Å²) in [6, 6.07) is 5.16. The molecule has 0 saturated carbocycles. The number of unbranched alkanes of at least 4 members (excludes halogenated alkanes) is 1. The van der Waals surface area contributed by atoms with Gasteiger partial charge in [0.2, 0.25) is 0 Å². The molecule has 2 atom stereocenters. The summed E-state index contributed by atoms with van der Waals surface area (Å²) < 4.78 is 0. The van der Waals surface area contributed by atoms with E-state index in [2.05, 4.69) is 0 Å². The molecule has 0 spiro atoms. The monoisotopic (exact) mass is 270 g/mol. The number of aliphatic carboxylic acids is 1. The summed E-state index contributed by atoms with van der Waals surface area (Å²) in [5.74, 6) is -1.74. The fourth-order valence-corrected chi connectivity index (χ4v) is 2.05. The molecule has 1 rings (SSSR count). The lowest BCUT2D eigenvalue weighted by Gasteiger charge is -2.19. The Hall–Kier alpha value is -1.06. The molecule has 1 aromatic rings. The Morgan fingerprint density at radius 1 is 1.44 bits per heavy atom. The fraction of sp³-hybridized carbons (Fsp3) is 0.500. The molecule has 3 nitrogen and oxygen atoms in total. The highest BCUT2D eigenvalue weighted by Gasteiger charge is 2.27. The molecule has 18 heavy (non-hydrogen) atoms. The highest BCUT2D eigenvalue weighted by molar-refractivity contribution is 6.31. The molecule has 0 saturated heterocycles. The molecule has 100 valence electrons. The van der Waals surface area contributed by atoms with Gasteiger partial charge >= 0.3 is 5.97 Å². The standard InChI is InChI=1S/C14H19ClO3/c1-3-4-5-11(14(17)18)13(16)10-7-6-9(2)12(15)8-10/h6-8,11,13,16H,3-5H2,1-2H3,(H,17,18). The van der Waals surface area contributed by atoms with E-state index in [1.807, 2.05) is 13.8 Å². The minimum absolute atomic E-state index is 0.471. The van der Waals surface area contributed by atoms with Gasteiger partial charge in [0.05, 0.1) is 12.0 Å². The topological polar surface area (TPSA) is 57.5 Å². The van der Waals surface area contributed by atoms with Crippen LogP contribution in [0.2, 0.25) is 5.02 Å². The Kier molecular flexibility index (Phi) is 5.63. The highest BCUT2D eigenvalue weighted by Crippen LogP contribution is 2.29. The first-order valence-electron chi connectivity index (χ1n) is 6.14. The van der Waals surface area contributed by atoms with Gasteiger partial charge in [0.1, 0.15) is 0 Å². The molecule has 0 aliphatic rings. The van der Waals surface area contributed by atoms with Crippen LogP contribution in [0.4, 0.5) is 0 Å². The minimum Gasteiger partial charge on any atom is -0.481 e. The van der Waals surface area contributed by atoms with Crippen molar-refractivity contribution in [2.75, 3.05) is 0 Å². The largest absolute Gasteiger partial charge is 0.481 e. The van der Waals surface area contributed by atoms with Crippen molar-refractivity contribution in [3.05, 3.63) is 34.3 Å². The van der Waals surface area contributed by atoms with Crippen LogP contribution in [0.5, 0.6) is 0 Å². The van der Waals surface area contributed by atoms with E-state index >= 15 is 0 Å². The molecule has 1 aromatic carbocycles. The van der Waals surface area contributed by atoms with Crippen LogP contribution in [-0.4, -0.2) is 16.2 Å². The van der Waals surface area contributed by atoms with Gasteiger partial charge in [0, 0.05) is 5.02 Å². The maximum absolute atomic E-state index is 11.2. The van der Waals surface area contributed by atoms with Gasteiger partial charge in [-0.1, -0.05) is 43.5 Å². The molecule has 0 aliphatic carbocycles. The zero-order chi connectivity index (χ0) is 13.7. The summed E-state index contributed by atoms with van der Waals surface area (Å²) in [4.78, 5) is 11.2. The predicted molar refractivity (Wildman–Crippen MR) is 71.8 cm³/mol. The summed E-state index contributed by atoms with van der Waals surface area (Å²) in [6.07, 6.45) is 1.16. The third-order valence-corrected chi connectivity index (χ3v) is 3.51. The minimum atomic E-state index is -1.01. The van der Waals surface area contributed by atoms with Crippen LogP contribution in [0.15, 0.2) is 18.2 Å². The highest BCUT2D eigenvalue weighted by atomic mass is 35.5. The number of carboxylic acid groups (broad SMARTS) is 1. The van der Waals surface area contributed by atoms with Gasteiger partial charge in [-0.05, 0) is 30.5 Å². The predicted octanol–water partition coefficient (Wildman–Crippen LogP) is 3.57. The molecule has 4 heteroatoms. The maximum atomic E-state index is 11.2. The van der Waals surface area contributed by atoms with Gasteiger partial charge in [-0.15, -0.1) is 0 Å². The van der Waals surface area contributed by atoms with Gasteiger partial charge in [-0.3, -0.25) is 4.79 Å². The Bertz CT molecular complexity index is 418. The smallest absolute Gasteiger partial charge is 0.309 e. The first-order chi connectivity index (χ1) is 8.47. The van der Waals surface area contributed by atoms with Gasteiger partial charge < -0.3 is 10.2 Å². The third kappa shape index (κ3) is 3.72. The molecule has 0 fully saturated rings. The Morgan fingerprint density at radius 3 is 2.61 bits per heavy atom. The lowest BCUT2D eigenvalue weighted by atomic mass is 9.91.